The molecule has 1 heteroatoms. The van der Waals surface area contributed by atoms with Crippen LogP contribution in [0.2, 0.25) is 0 Å². The minimum atomic E-state index is 0.538. The van der Waals surface area contributed by atoms with Crippen molar-refractivity contribution in [1.82, 2.24) is 0 Å². The normalized spacial score (nSPS) is 12.4. The molecular formula is C15H20O. The van der Waals surface area contributed by atoms with Crippen LogP contribution in [0.25, 0.3) is 0 Å². The SMILES string of the molecule is C/C=C(\C=C/C(C)C)Oc1ccc(C)cc1. The maximum Gasteiger partial charge on any atom is 0.127 e. The molecule has 0 unspecified atom stereocenters. The van der Waals surface area contributed by atoms with Crippen LogP contribution in [-0.2, 0) is 0 Å². The van der Waals surface area contributed by atoms with Crippen molar-refractivity contribution in [3.05, 3.63) is 53.8 Å². The maximum atomic E-state index is 5.74. The lowest BCUT2D eigenvalue weighted by Crippen LogP contribution is -1.92. The molecule has 0 spiro atoms. The largest absolute Gasteiger partial charge is 0.458 e. The van der Waals surface area contributed by atoms with Gasteiger partial charge >= 0.3 is 0 Å². The Balaban J connectivity index is 2.68. The summed E-state index contributed by atoms with van der Waals surface area (Å²) in [7, 11) is 0. The minimum absolute atomic E-state index is 0.538. The Morgan fingerprint density at radius 1 is 1.19 bits per heavy atom. The molecule has 0 aliphatic rings. The second-order valence-corrected chi connectivity index (χ2v) is 4.21. The van der Waals surface area contributed by atoms with E-state index in [1.807, 2.05) is 31.2 Å². The average molecular weight is 216 g/mol. The first kappa shape index (κ1) is 12.6. The van der Waals surface area contributed by atoms with Crippen molar-refractivity contribution in [2.75, 3.05) is 0 Å². The Labute approximate surface area is 98.5 Å². The molecule has 0 amide bonds. The van der Waals surface area contributed by atoms with Crippen LogP contribution in [-0.4, -0.2) is 0 Å². The Kier molecular flexibility index (Phi) is 4.84. The van der Waals surface area contributed by atoms with Gasteiger partial charge < -0.3 is 4.74 Å². The molecule has 0 bridgehead atoms. The fraction of sp³-hybridized carbons (Fsp3) is 0.333. The summed E-state index contributed by atoms with van der Waals surface area (Å²) in [4.78, 5) is 0. The van der Waals surface area contributed by atoms with E-state index in [1.165, 1.54) is 5.56 Å². The molecule has 0 N–H and O–H groups in total. The monoisotopic (exact) mass is 216 g/mol. The summed E-state index contributed by atoms with van der Waals surface area (Å²) >= 11 is 0. The van der Waals surface area contributed by atoms with Crippen LogP contribution in [0.15, 0.2) is 48.3 Å². The molecule has 0 radical (unpaired) electrons. The quantitative estimate of drug-likeness (QED) is 0.532. The lowest BCUT2D eigenvalue weighted by Gasteiger charge is -2.06. The maximum absolute atomic E-state index is 5.74. The summed E-state index contributed by atoms with van der Waals surface area (Å²) in [5.41, 5.74) is 1.24. The van der Waals surface area contributed by atoms with Crippen LogP contribution >= 0.6 is 0 Å². The summed E-state index contributed by atoms with van der Waals surface area (Å²) in [6.45, 7) is 8.35. The molecule has 0 aliphatic heterocycles. The van der Waals surface area contributed by atoms with Crippen LogP contribution in [0, 0.1) is 12.8 Å². The summed E-state index contributed by atoms with van der Waals surface area (Å²) in [6.07, 6.45) is 6.12. The van der Waals surface area contributed by atoms with E-state index in [9.17, 15) is 0 Å². The van der Waals surface area contributed by atoms with Gasteiger partial charge in [0, 0.05) is 0 Å². The van der Waals surface area contributed by atoms with Crippen molar-refractivity contribution in [2.24, 2.45) is 5.92 Å². The molecule has 0 fully saturated rings. The molecule has 0 aliphatic carbocycles. The molecule has 1 rings (SSSR count). The third kappa shape index (κ3) is 4.35. The van der Waals surface area contributed by atoms with Crippen molar-refractivity contribution in [3.63, 3.8) is 0 Å². The van der Waals surface area contributed by atoms with E-state index in [-0.39, 0.29) is 0 Å². The number of aryl methyl sites for hydroxylation is 1. The number of hydrogen-bond acceptors (Lipinski definition) is 1. The topological polar surface area (TPSA) is 9.23 Å². The van der Waals surface area contributed by atoms with E-state index in [2.05, 4.69) is 39.0 Å². The van der Waals surface area contributed by atoms with Gasteiger partial charge in [-0.3, -0.25) is 0 Å². The number of rotatable bonds is 4. The van der Waals surface area contributed by atoms with Gasteiger partial charge in [-0.1, -0.05) is 37.6 Å². The molecule has 1 nitrogen and oxygen atoms in total. The molecular weight excluding hydrogens is 196 g/mol. The van der Waals surface area contributed by atoms with Gasteiger partial charge in [0.15, 0.2) is 0 Å². The van der Waals surface area contributed by atoms with E-state index in [1.54, 1.807) is 0 Å². The number of allylic oxidation sites excluding steroid dienone is 3. The van der Waals surface area contributed by atoms with E-state index in [4.69, 9.17) is 4.74 Å². The van der Waals surface area contributed by atoms with E-state index >= 15 is 0 Å². The zero-order valence-electron chi connectivity index (χ0n) is 10.5. The van der Waals surface area contributed by atoms with Gasteiger partial charge in [0.05, 0.1) is 0 Å². The molecule has 1 aromatic carbocycles. The zero-order chi connectivity index (χ0) is 12.0. The van der Waals surface area contributed by atoms with E-state index in [0.717, 1.165) is 11.5 Å². The molecule has 0 heterocycles. The first-order valence-electron chi connectivity index (χ1n) is 5.71. The lowest BCUT2D eigenvalue weighted by atomic mass is 10.2. The molecule has 1 aromatic rings. The van der Waals surface area contributed by atoms with Gasteiger partial charge in [-0.05, 0) is 44.1 Å². The number of benzene rings is 1. The van der Waals surface area contributed by atoms with Gasteiger partial charge in [-0.15, -0.1) is 0 Å². The van der Waals surface area contributed by atoms with Crippen LogP contribution in [0.3, 0.4) is 0 Å². The Morgan fingerprint density at radius 3 is 2.31 bits per heavy atom. The van der Waals surface area contributed by atoms with Gasteiger partial charge in [0.25, 0.3) is 0 Å². The summed E-state index contributed by atoms with van der Waals surface area (Å²) in [5, 5.41) is 0. The van der Waals surface area contributed by atoms with E-state index in [0.29, 0.717) is 5.92 Å². The van der Waals surface area contributed by atoms with Crippen LogP contribution in [0.1, 0.15) is 26.3 Å². The molecule has 86 valence electrons. The Morgan fingerprint density at radius 2 is 1.81 bits per heavy atom. The van der Waals surface area contributed by atoms with Crippen molar-refractivity contribution >= 4 is 0 Å². The predicted molar refractivity (Wildman–Crippen MR) is 69.5 cm³/mol. The van der Waals surface area contributed by atoms with Crippen LogP contribution < -0.4 is 4.74 Å². The number of ether oxygens (including phenoxy) is 1. The highest BCUT2D eigenvalue weighted by Crippen LogP contribution is 2.15. The van der Waals surface area contributed by atoms with Crippen molar-refractivity contribution in [3.8, 4) is 5.75 Å². The fourth-order valence-electron chi connectivity index (χ4n) is 1.22. The molecule has 0 atom stereocenters. The van der Waals surface area contributed by atoms with Crippen molar-refractivity contribution in [2.45, 2.75) is 27.7 Å². The predicted octanol–water partition coefficient (Wildman–Crippen LogP) is 4.49. The van der Waals surface area contributed by atoms with Gasteiger partial charge in [-0.25, -0.2) is 0 Å². The van der Waals surface area contributed by atoms with Crippen molar-refractivity contribution in [1.29, 1.82) is 0 Å². The Hall–Kier alpha value is -1.50. The molecule has 0 saturated carbocycles. The smallest absolute Gasteiger partial charge is 0.127 e. The second-order valence-electron chi connectivity index (χ2n) is 4.21. The fourth-order valence-corrected chi connectivity index (χ4v) is 1.22. The van der Waals surface area contributed by atoms with Crippen LogP contribution in [0.5, 0.6) is 5.75 Å². The summed E-state index contributed by atoms with van der Waals surface area (Å²) in [5.74, 6) is 2.31. The minimum Gasteiger partial charge on any atom is -0.458 e. The summed E-state index contributed by atoms with van der Waals surface area (Å²) < 4.78 is 5.74. The molecule has 0 aromatic heterocycles. The second kappa shape index (κ2) is 6.16. The Bertz CT molecular complexity index is 369. The van der Waals surface area contributed by atoms with Gasteiger partial charge in [0.2, 0.25) is 0 Å². The molecule has 16 heavy (non-hydrogen) atoms. The highest BCUT2D eigenvalue weighted by atomic mass is 16.5. The third-order valence-electron chi connectivity index (χ3n) is 2.19. The first-order chi connectivity index (χ1) is 7.61. The third-order valence-corrected chi connectivity index (χ3v) is 2.19. The first-order valence-corrected chi connectivity index (χ1v) is 5.71. The number of hydrogen-bond donors (Lipinski definition) is 0. The van der Waals surface area contributed by atoms with E-state index < -0.39 is 0 Å². The summed E-state index contributed by atoms with van der Waals surface area (Å²) in [6, 6.07) is 8.08. The van der Waals surface area contributed by atoms with Gasteiger partial charge in [-0.2, -0.15) is 0 Å². The standard InChI is InChI=1S/C15H20O/c1-5-14(9-6-12(2)3)16-15-10-7-13(4)8-11-15/h5-12H,1-4H3/b9-6-,14-5+. The van der Waals surface area contributed by atoms with Crippen LogP contribution in [0.4, 0.5) is 0 Å². The highest BCUT2D eigenvalue weighted by Gasteiger charge is 1.96. The highest BCUT2D eigenvalue weighted by molar-refractivity contribution is 5.29. The average Bonchev–Trinajstić information content (AvgIpc) is 2.26. The van der Waals surface area contributed by atoms with Crippen molar-refractivity contribution < 1.29 is 4.74 Å². The molecule has 0 saturated heterocycles. The zero-order valence-corrected chi connectivity index (χ0v) is 10.5. The van der Waals surface area contributed by atoms with Gasteiger partial charge in [0.1, 0.15) is 11.5 Å². The lowest BCUT2D eigenvalue weighted by molar-refractivity contribution is 0.442.